The highest BCUT2D eigenvalue weighted by Gasteiger charge is 2.03. The van der Waals surface area contributed by atoms with Gasteiger partial charge in [-0.05, 0) is 6.92 Å². The average Bonchev–Trinajstić information content (AvgIpc) is 2.74. The summed E-state index contributed by atoms with van der Waals surface area (Å²) in [5, 5.41) is 8.86. The lowest BCUT2D eigenvalue weighted by Crippen LogP contribution is -1.93. The van der Waals surface area contributed by atoms with Crippen molar-refractivity contribution in [1.82, 2.24) is 19.9 Å². The van der Waals surface area contributed by atoms with Gasteiger partial charge in [-0.2, -0.15) is 0 Å². The van der Waals surface area contributed by atoms with Crippen molar-refractivity contribution >= 4 is 11.2 Å². The van der Waals surface area contributed by atoms with Gasteiger partial charge >= 0.3 is 0 Å². The third kappa shape index (κ3) is 2.02. The topological polar surface area (TPSA) is 74.7 Å². The van der Waals surface area contributed by atoms with Gasteiger partial charge in [0.1, 0.15) is 11.8 Å². The normalized spacial score (nSPS) is 12.3. The van der Waals surface area contributed by atoms with Gasteiger partial charge in [0.25, 0.3) is 0 Å². The van der Waals surface area contributed by atoms with Crippen LogP contribution in [0.5, 0.6) is 0 Å². The summed E-state index contributed by atoms with van der Waals surface area (Å²) in [6.07, 6.45) is 5.72. The fraction of sp³-hybridized carbons (Fsp3) is 0.300. The molecule has 0 fully saturated rings. The van der Waals surface area contributed by atoms with Crippen LogP contribution in [0.2, 0.25) is 0 Å². The lowest BCUT2D eigenvalue weighted by atomic mass is 10.2. The first kappa shape index (κ1) is 9.79. The molecule has 2 N–H and O–H groups in total. The fourth-order valence-corrected chi connectivity index (χ4v) is 1.31. The van der Waals surface area contributed by atoms with Crippen LogP contribution in [-0.4, -0.2) is 31.6 Å². The lowest BCUT2D eigenvalue weighted by molar-refractivity contribution is 0.331. The van der Waals surface area contributed by atoms with E-state index < -0.39 is 0 Å². The lowest BCUT2D eigenvalue weighted by Gasteiger charge is -1.98. The largest absolute Gasteiger partial charge is 0.392 e. The zero-order valence-corrected chi connectivity index (χ0v) is 8.44. The average molecular weight is 204 g/mol. The molecule has 2 heterocycles. The van der Waals surface area contributed by atoms with Gasteiger partial charge in [-0.3, -0.25) is 0 Å². The molecule has 0 spiro atoms. The predicted octanol–water partition coefficient (Wildman–Crippen LogP) is 0.834. The summed E-state index contributed by atoms with van der Waals surface area (Å²) in [4.78, 5) is 15.3. The maximum Gasteiger partial charge on any atom is 0.180 e. The third-order valence-electron chi connectivity index (χ3n) is 2.19. The van der Waals surface area contributed by atoms with Crippen LogP contribution in [0, 0.1) is 0 Å². The van der Waals surface area contributed by atoms with Crippen LogP contribution in [0.4, 0.5) is 0 Å². The van der Waals surface area contributed by atoms with Crippen LogP contribution < -0.4 is 0 Å². The van der Waals surface area contributed by atoms with E-state index >= 15 is 0 Å². The van der Waals surface area contributed by atoms with Gasteiger partial charge in [-0.15, -0.1) is 0 Å². The molecule has 0 amide bonds. The highest BCUT2D eigenvalue weighted by Crippen LogP contribution is 2.10. The first-order valence-electron chi connectivity index (χ1n) is 4.70. The zero-order chi connectivity index (χ0) is 10.7. The number of fused-ring (bicyclic) bond motifs is 1. The number of aromatic amines is 1. The Kier molecular flexibility index (Phi) is 2.73. The molecule has 0 saturated heterocycles. The minimum absolute atomic E-state index is 0.0806. The van der Waals surface area contributed by atoms with E-state index in [1.54, 1.807) is 6.33 Å². The van der Waals surface area contributed by atoms with Crippen molar-refractivity contribution in [3.8, 4) is 0 Å². The molecule has 0 aliphatic carbocycles. The number of rotatable bonds is 3. The summed E-state index contributed by atoms with van der Waals surface area (Å²) in [5.41, 5.74) is 3.36. The maximum atomic E-state index is 8.86. The Bertz CT molecular complexity index is 489. The van der Waals surface area contributed by atoms with Crippen LogP contribution in [0.15, 0.2) is 24.3 Å². The molecular weight excluding hydrogens is 192 g/mol. The number of hydrogen-bond donors (Lipinski definition) is 2. The summed E-state index contributed by atoms with van der Waals surface area (Å²) in [6.45, 7) is 1.96. The van der Waals surface area contributed by atoms with Crippen molar-refractivity contribution < 1.29 is 5.11 Å². The first-order chi connectivity index (χ1) is 7.31. The van der Waals surface area contributed by atoms with E-state index in [2.05, 4.69) is 19.9 Å². The molecule has 0 aromatic carbocycles. The minimum Gasteiger partial charge on any atom is -0.392 e. The SMILES string of the molecule is CC(=CCc1ncnc2nc[nH]c12)CO. The molecule has 78 valence electrons. The van der Waals surface area contributed by atoms with E-state index in [1.165, 1.54) is 6.33 Å². The molecule has 0 aliphatic rings. The van der Waals surface area contributed by atoms with Crippen molar-refractivity contribution in [2.45, 2.75) is 13.3 Å². The highest BCUT2D eigenvalue weighted by molar-refractivity contribution is 5.72. The van der Waals surface area contributed by atoms with Crippen LogP contribution in [0.3, 0.4) is 0 Å². The second-order valence-corrected chi connectivity index (χ2v) is 3.33. The quantitative estimate of drug-likeness (QED) is 0.726. The minimum atomic E-state index is 0.0806. The maximum absolute atomic E-state index is 8.86. The number of aromatic nitrogens is 4. The number of hydrogen-bond acceptors (Lipinski definition) is 4. The fourth-order valence-electron chi connectivity index (χ4n) is 1.31. The van der Waals surface area contributed by atoms with E-state index in [9.17, 15) is 0 Å². The number of allylic oxidation sites excluding steroid dienone is 1. The Morgan fingerprint density at radius 3 is 3.13 bits per heavy atom. The molecule has 0 unspecified atom stereocenters. The Morgan fingerprint density at radius 1 is 1.47 bits per heavy atom. The van der Waals surface area contributed by atoms with E-state index in [-0.39, 0.29) is 6.61 Å². The Labute approximate surface area is 86.9 Å². The predicted molar refractivity (Wildman–Crippen MR) is 56.2 cm³/mol. The number of aliphatic hydroxyl groups excluding tert-OH is 1. The molecule has 5 nitrogen and oxygen atoms in total. The summed E-state index contributed by atoms with van der Waals surface area (Å²) in [6, 6.07) is 0. The molecule has 2 rings (SSSR count). The summed E-state index contributed by atoms with van der Waals surface area (Å²) < 4.78 is 0. The number of nitrogens with zero attached hydrogens (tertiary/aromatic N) is 3. The van der Waals surface area contributed by atoms with Gasteiger partial charge < -0.3 is 10.1 Å². The molecule has 0 aliphatic heterocycles. The van der Waals surface area contributed by atoms with Crippen molar-refractivity contribution in [3.63, 3.8) is 0 Å². The first-order valence-corrected chi connectivity index (χ1v) is 4.70. The third-order valence-corrected chi connectivity index (χ3v) is 2.19. The van der Waals surface area contributed by atoms with Gasteiger partial charge in [0.2, 0.25) is 0 Å². The summed E-state index contributed by atoms with van der Waals surface area (Å²) >= 11 is 0. The van der Waals surface area contributed by atoms with Gasteiger partial charge in [0.15, 0.2) is 5.65 Å². The number of nitrogens with one attached hydrogen (secondary N) is 1. The van der Waals surface area contributed by atoms with E-state index in [0.29, 0.717) is 12.1 Å². The number of imidazole rings is 1. The van der Waals surface area contributed by atoms with Crippen LogP contribution in [0.25, 0.3) is 11.2 Å². The van der Waals surface area contributed by atoms with E-state index in [1.807, 2.05) is 13.0 Å². The van der Waals surface area contributed by atoms with Gasteiger partial charge in [-0.25, -0.2) is 15.0 Å². The second kappa shape index (κ2) is 4.18. The van der Waals surface area contributed by atoms with Gasteiger partial charge in [0.05, 0.1) is 18.6 Å². The van der Waals surface area contributed by atoms with Gasteiger partial charge in [0, 0.05) is 6.42 Å². The Balaban J connectivity index is 2.31. The standard InChI is InChI=1S/C10H12N4O/c1-7(4-15)2-3-8-9-10(13-5-11-8)14-6-12-9/h2,5-6,15H,3-4H2,1H3,(H,11,12,13,14). The number of aliphatic hydroxyl groups is 1. The monoisotopic (exact) mass is 204 g/mol. The van der Waals surface area contributed by atoms with Crippen molar-refractivity contribution in [1.29, 1.82) is 0 Å². The molecule has 2 aromatic heterocycles. The van der Waals surface area contributed by atoms with Crippen molar-refractivity contribution in [2.75, 3.05) is 6.61 Å². The summed E-state index contributed by atoms with van der Waals surface area (Å²) in [5.74, 6) is 0. The van der Waals surface area contributed by atoms with E-state index in [4.69, 9.17) is 5.11 Å². The molecule has 2 aromatic rings. The molecule has 0 radical (unpaired) electrons. The molecule has 0 saturated carbocycles. The smallest absolute Gasteiger partial charge is 0.180 e. The molecular formula is C10H12N4O. The molecule has 0 bridgehead atoms. The van der Waals surface area contributed by atoms with Crippen LogP contribution in [-0.2, 0) is 6.42 Å². The van der Waals surface area contributed by atoms with Crippen LogP contribution in [0.1, 0.15) is 12.6 Å². The summed E-state index contributed by atoms with van der Waals surface area (Å²) in [7, 11) is 0. The highest BCUT2D eigenvalue weighted by atomic mass is 16.3. The second-order valence-electron chi connectivity index (χ2n) is 3.33. The zero-order valence-electron chi connectivity index (χ0n) is 8.44. The Morgan fingerprint density at radius 2 is 2.33 bits per heavy atom. The Hall–Kier alpha value is -1.75. The van der Waals surface area contributed by atoms with Crippen molar-refractivity contribution in [3.05, 3.63) is 30.0 Å². The van der Waals surface area contributed by atoms with E-state index in [0.717, 1.165) is 16.8 Å². The molecule has 5 heteroatoms. The molecule has 0 atom stereocenters. The van der Waals surface area contributed by atoms with Crippen LogP contribution >= 0.6 is 0 Å². The number of H-pyrrole nitrogens is 1. The van der Waals surface area contributed by atoms with Crippen molar-refractivity contribution in [2.24, 2.45) is 0 Å². The molecule has 15 heavy (non-hydrogen) atoms. The van der Waals surface area contributed by atoms with Gasteiger partial charge in [-0.1, -0.05) is 11.6 Å².